The molecule has 2 aliphatic rings. The molecule has 1 aromatic carbocycles. The molecule has 0 spiro atoms. The predicted molar refractivity (Wildman–Crippen MR) is 104 cm³/mol. The van der Waals surface area contributed by atoms with Crippen molar-refractivity contribution >= 4 is 34.3 Å². The Morgan fingerprint density at radius 2 is 2.07 bits per heavy atom. The zero-order chi connectivity index (χ0) is 20.0. The molecule has 28 heavy (non-hydrogen) atoms. The number of methoxy groups -OCH3 is 1. The number of allylic oxidation sites excluding steroid dienone is 3. The third kappa shape index (κ3) is 2.85. The fourth-order valence-electron chi connectivity index (χ4n) is 4.06. The van der Waals surface area contributed by atoms with Crippen LogP contribution in [0.4, 0.5) is 0 Å². The van der Waals surface area contributed by atoms with E-state index in [9.17, 15) is 14.4 Å². The molecule has 0 saturated heterocycles. The summed E-state index contributed by atoms with van der Waals surface area (Å²) in [6, 6.07) is 4.78. The molecule has 0 bridgehead atoms. The maximum atomic E-state index is 13.3. The highest BCUT2D eigenvalue weighted by Gasteiger charge is 2.44. The van der Waals surface area contributed by atoms with E-state index in [-0.39, 0.29) is 22.3 Å². The summed E-state index contributed by atoms with van der Waals surface area (Å²) in [5, 5.41) is 3.85. The third-order valence-corrected chi connectivity index (χ3v) is 5.55. The predicted octanol–water partition coefficient (Wildman–Crippen LogP) is 3.44. The number of rotatable bonds is 2. The van der Waals surface area contributed by atoms with Crippen LogP contribution in [0.1, 0.15) is 31.2 Å². The van der Waals surface area contributed by atoms with Crippen molar-refractivity contribution < 1.29 is 18.7 Å². The Morgan fingerprint density at radius 1 is 1.29 bits per heavy atom. The average molecular weight is 400 g/mol. The number of benzene rings is 1. The summed E-state index contributed by atoms with van der Waals surface area (Å²) >= 11 is 6.05. The van der Waals surface area contributed by atoms with Gasteiger partial charge in [0.15, 0.2) is 5.43 Å². The van der Waals surface area contributed by atoms with E-state index >= 15 is 0 Å². The van der Waals surface area contributed by atoms with Crippen LogP contribution in [0.25, 0.3) is 11.0 Å². The highest BCUT2D eigenvalue weighted by molar-refractivity contribution is 6.31. The Balaban J connectivity index is 2.01. The minimum Gasteiger partial charge on any atom is -0.466 e. The number of nitrogens with one attached hydrogen (secondary N) is 1. The fraction of sp³-hybridized carbons (Fsp3) is 0.286. The molecule has 1 N–H and O–H groups in total. The summed E-state index contributed by atoms with van der Waals surface area (Å²) in [4.78, 5) is 38.6. The average Bonchev–Trinajstić information content (AvgIpc) is 2.67. The second-order valence-electron chi connectivity index (χ2n) is 6.94. The van der Waals surface area contributed by atoms with Gasteiger partial charge in [-0.3, -0.25) is 9.59 Å². The number of ketones is 1. The smallest absolute Gasteiger partial charge is 0.336 e. The van der Waals surface area contributed by atoms with Crippen molar-refractivity contribution in [1.82, 2.24) is 5.32 Å². The lowest BCUT2D eigenvalue weighted by Gasteiger charge is -2.37. The van der Waals surface area contributed by atoms with Gasteiger partial charge in [-0.2, -0.15) is 0 Å². The summed E-state index contributed by atoms with van der Waals surface area (Å²) in [7, 11) is 1.27. The quantitative estimate of drug-likeness (QED) is 0.778. The molecule has 144 valence electrons. The number of fused-ring (bicyclic) bond motifs is 2. The van der Waals surface area contributed by atoms with E-state index in [0.717, 1.165) is 0 Å². The monoisotopic (exact) mass is 399 g/mol. The molecule has 4 rings (SSSR count). The van der Waals surface area contributed by atoms with Gasteiger partial charge in [-0.1, -0.05) is 17.7 Å². The van der Waals surface area contributed by atoms with Crippen LogP contribution in [0.5, 0.6) is 0 Å². The first-order valence-corrected chi connectivity index (χ1v) is 9.30. The molecular weight excluding hydrogens is 382 g/mol. The van der Waals surface area contributed by atoms with Crippen molar-refractivity contribution in [3.8, 4) is 0 Å². The van der Waals surface area contributed by atoms with E-state index in [4.69, 9.17) is 20.8 Å². The molecule has 2 atom stereocenters. The minimum atomic E-state index is -0.785. The van der Waals surface area contributed by atoms with Gasteiger partial charge in [0.25, 0.3) is 0 Å². The van der Waals surface area contributed by atoms with Crippen molar-refractivity contribution in [2.24, 2.45) is 5.92 Å². The van der Waals surface area contributed by atoms with E-state index in [0.29, 0.717) is 40.2 Å². The molecule has 1 aliphatic carbocycles. The molecule has 6 nitrogen and oxygen atoms in total. The van der Waals surface area contributed by atoms with Gasteiger partial charge in [-0.15, -0.1) is 0 Å². The van der Waals surface area contributed by atoms with E-state index in [1.807, 2.05) is 6.08 Å². The number of ether oxygens (including phenoxy) is 1. The minimum absolute atomic E-state index is 0.0329. The van der Waals surface area contributed by atoms with Gasteiger partial charge in [0.05, 0.1) is 30.3 Å². The Kier molecular flexibility index (Phi) is 4.59. The zero-order valence-electron chi connectivity index (χ0n) is 15.4. The summed E-state index contributed by atoms with van der Waals surface area (Å²) in [6.45, 7) is 1.73. The largest absolute Gasteiger partial charge is 0.466 e. The highest BCUT2D eigenvalue weighted by Crippen LogP contribution is 2.43. The SMILES string of the molecule is COC(=O)C1=C(C)NC2=CCCC(=O)C2C1c1coc2ccc(Cl)cc2c1=O. The number of esters is 1. The van der Waals surface area contributed by atoms with Gasteiger partial charge in [0.1, 0.15) is 11.4 Å². The summed E-state index contributed by atoms with van der Waals surface area (Å²) in [6.07, 6.45) is 4.25. The maximum absolute atomic E-state index is 13.3. The first-order valence-electron chi connectivity index (χ1n) is 8.92. The normalized spacial score (nSPS) is 21.8. The number of Topliss-reactive ketones (excluding diaryl/α,β-unsaturated/α-hetero) is 1. The lowest BCUT2D eigenvalue weighted by molar-refractivity contribution is -0.136. The van der Waals surface area contributed by atoms with Crippen LogP contribution in [0.3, 0.4) is 0 Å². The number of carbonyl (C=O) groups excluding carboxylic acids is 2. The Morgan fingerprint density at radius 3 is 2.82 bits per heavy atom. The zero-order valence-corrected chi connectivity index (χ0v) is 16.1. The number of hydrogen-bond donors (Lipinski definition) is 1. The molecule has 2 unspecified atom stereocenters. The van der Waals surface area contributed by atoms with Crippen LogP contribution in [0.15, 0.2) is 56.7 Å². The van der Waals surface area contributed by atoms with Gasteiger partial charge in [-0.25, -0.2) is 4.79 Å². The molecule has 0 radical (unpaired) electrons. The van der Waals surface area contributed by atoms with Crippen LogP contribution in [-0.2, 0) is 14.3 Å². The van der Waals surface area contributed by atoms with Crippen molar-refractivity contribution in [2.45, 2.75) is 25.7 Å². The molecule has 0 saturated carbocycles. The topological polar surface area (TPSA) is 85.6 Å². The first-order chi connectivity index (χ1) is 13.4. The Bertz CT molecular complexity index is 1130. The molecule has 1 aliphatic heterocycles. The molecule has 0 fully saturated rings. The van der Waals surface area contributed by atoms with E-state index in [2.05, 4.69) is 5.32 Å². The lowest BCUT2D eigenvalue weighted by Crippen LogP contribution is -2.42. The first kappa shape index (κ1) is 18.5. The molecule has 2 heterocycles. The van der Waals surface area contributed by atoms with Crippen molar-refractivity contribution in [3.05, 3.63) is 68.3 Å². The maximum Gasteiger partial charge on any atom is 0.336 e. The van der Waals surface area contributed by atoms with Gasteiger partial charge < -0.3 is 14.5 Å². The van der Waals surface area contributed by atoms with Crippen LogP contribution in [0, 0.1) is 5.92 Å². The number of halogens is 1. The van der Waals surface area contributed by atoms with Crippen molar-refractivity contribution in [3.63, 3.8) is 0 Å². The van der Waals surface area contributed by atoms with Crippen LogP contribution in [0.2, 0.25) is 5.02 Å². The van der Waals surface area contributed by atoms with E-state index < -0.39 is 17.8 Å². The van der Waals surface area contributed by atoms with Gasteiger partial charge >= 0.3 is 5.97 Å². The molecule has 1 aromatic heterocycles. The Hall–Kier alpha value is -2.86. The summed E-state index contributed by atoms with van der Waals surface area (Å²) in [5.74, 6) is -2.06. The van der Waals surface area contributed by atoms with E-state index in [1.165, 1.54) is 19.4 Å². The van der Waals surface area contributed by atoms with E-state index in [1.54, 1.807) is 19.1 Å². The number of carbonyl (C=O) groups is 2. The second kappa shape index (κ2) is 6.95. The fourth-order valence-corrected chi connectivity index (χ4v) is 4.23. The molecular formula is C21H18ClNO5. The molecule has 7 heteroatoms. The molecule has 2 aromatic rings. The summed E-state index contributed by atoms with van der Waals surface area (Å²) < 4.78 is 10.6. The van der Waals surface area contributed by atoms with Crippen LogP contribution in [-0.4, -0.2) is 18.9 Å². The summed E-state index contributed by atoms with van der Waals surface area (Å²) in [5.41, 5.74) is 1.83. The lowest BCUT2D eigenvalue weighted by atomic mass is 9.71. The van der Waals surface area contributed by atoms with Gasteiger partial charge in [0.2, 0.25) is 0 Å². The standard InChI is InChI=1S/C21H18ClNO5/c1-10-17(21(26)27-2)18(19-14(23-10)4-3-5-15(19)24)13-9-28-16-7-6-11(22)8-12(16)20(13)25/h4,6-9,18-19,23H,3,5H2,1-2H3. The number of hydrogen-bond acceptors (Lipinski definition) is 6. The highest BCUT2D eigenvalue weighted by atomic mass is 35.5. The van der Waals surface area contributed by atoms with Gasteiger partial charge in [-0.05, 0) is 31.5 Å². The van der Waals surface area contributed by atoms with Crippen LogP contribution >= 0.6 is 11.6 Å². The Labute approximate surface area is 165 Å². The van der Waals surface area contributed by atoms with Crippen LogP contribution < -0.4 is 10.7 Å². The van der Waals surface area contributed by atoms with Crippen molar-refractivity contribution in [2.75, 3.05) is 7.11 Å². The van der Waals surface area contributed by atoms with Crippen molar-refractivity contribution in [1.29, 1.82) is 0 Å². The second-order valence-corrected chi connectivity index (χ2v) is 7.37. The third-order valence-electron chi connectivity index (χ3n) is 5.32. The molecule has 0 amide bonds. The van der Waals surface area contributed by atoms with Gasteiger partial charge in [0, 0.05) is 34.3 Å².